The molecular weight excluding hydrogens is 673 g/mol. The zero-order chi connectivity index (χ0) is 35.4. The Morgan fingerprint density at radius 2 is 0.380 bits per heavy atom. The second kappa shape index (κ2) is 54.8. The van der Waals surface area contributed by atoms with Crippen LogP contribution < -0.4 is 0 Å². The first-order valence-corrected chi connectivity index (χ1v) is 22.0. The van der Waals surface area contributed by atoms with E-state index in [4.69, 9.17) is 10.2 Å². The van der Waals surface area contributed by atoms with Gasteiger partial charge in [0.05, 0.1) is 0 Å². The molecule has 0 saturated carbocycles. The van der Waals surface area contributed by atoms with Crippen LogP contribution in [0.5, 0.6) is 0 Å². The average molecular weight is 765 g/mol. The molecule has 6 heteroatoms. The zero-order valence-electron chi connectivity index (χ0n) is 33.0. The molecule has 2 N–H and O–H groups in total. The number of rotatable bonds is 40. The quantitative estimate of drug-likeness (QED) is 0.0481. The molecule has 0 bridgehead atoms. The third-order valence-corrected chi connectivity index (χ3v) is 9.99. The summed E-state index contributed by atoms with van der Waals surface area (Å²) in [5.41, 5.74) is 0. The van der Waals surface area contributed by atoms with Crippen molar-refractivity contribution >= 4 is 87.4 Å². The van der Waals surface area contributed by atoms with Crippen LogP contribution in [0.2, 0.25) is 0 Å². The number of hydrogen-bond donors (Lipinski definition) is 2. The van der Waals surface area contributed by atoms with Gasteiger partial charge in [0, 0.05) is 12.8 Å². The molecule has 0 radical (unpaired) electrons. The number of hydrogen-bond acceptors (Lipinski definition) is 2. The Bertz CT molecular complexity index is 565. The third kappa shape index (κ3) is 61.5. The minimum absolute atomic E-state index is 0. The summed E-state index contributed by atoms with van der Waals surface area (Å²) in [5.74, 6) is -1.30. The molecule has 0 spiro atoms. The number of carboxylic acids is 2. The van der Waals surface area contributed by atoms with Crippen LogP contribution in [0.15, 0.2) is 0 Å². The van der Waals surface area contributed by atoms with Gasteiger partial charge in [-0.15, -0.1) is 0 Å². The van der Waals surface area contributed by atoms with Crippen molar-refractivity contribution < 1.29 is 19.8 Å². The van der Waals surface area contributed by atoms with Crippen molar-refractivity contribution in [3.05, 3.63) is 0 Å². The summed E-state index contributed by atoms with van der Waals surface area (Å²) in [7, 11) is 0. The van der Waals surface area contributed by atoms with Crippen molar-refractivity contribution in [2.75, 3.05) is 0 Å². The summed E-state index contributed by atoms with van der Waals surface area (Å²) in [6.45, 7) is 4.57. The van der Waals surface area contributed by atoms with Gasteiger partial charge in [0.1, 0.15) is 0 Å². The van der Waals surface area contributed by atoms with E-state index in [0.717, 1.165) is 25.7 Å². The molecule has 50 heavy (non-hydrogen) atoms. The van der Waals surface area contributed by atoms with E-state index < -0.39 is 11.9 Å². The van der Waals surface area contributed by atoms with Gasteiger partial charge in [-0.2, -0.15) is 0 Å². The SMILES string of the molecule is CCCCCCCCCCCCCCCCCCCCCC(=O)O.CCCCCCCCCCCCCCCCCCCCCC(=O)O.[CaH2].[CaH2]. The summed E-state index contributed by atoms with van der Waals surface area (Å²) < 4.78 is 0. The van der Waals surface area contributed by atoms with Crippen molar-refractivity contribution in [1.82, 2.24) is 0 Å². The van der Waals surface area contributed by atoms with E-state index in [0.29, 0.717) is 12.8 Å². The molecule has 0 rings (SSSR count). The van der Waals surface area contributed by atoms with E-state index in [1.165, 1.54) is 218 Å². The predicted octanol–water partition coefficient (Wildman–Crippen LogP) is 14.0. The summed E-state index contributed by atoms with van der Waals surface area (Å²) >= 11 is 0. The van der Waals surface area contributed by atoms with Gasteiger partial charge in [-0.1, -0.05) is 245 Å². The predicted molar refractivity (Wildman–Crippen MR) is 228 cm³/mol. The summed E-state index contributed by atoms with van der Waals surface area (Å²) in [6.07, 6.45) is 52.2. The summed E-state index contributed by atoms with van der Waals surface area (Å²) in [6, 6.07) is 0. The molecule has 0 saturated heterocycles. The number of carbonyl (C=O) groups is 2. The van der Waals surface area contributed by atoms with Gasteiger partial charge in [-0.05, 0) is 12.8 Å². The second-order valence-corrected chi connectivity index (χ2v) is 15.0. The fourth-order valence-corrected chi connectivity index (χ4v) is 6.71. The molecule has 0 aromatic rings. The molecule has 0 unspecified atom stereocenters. The van der Waals surface area contributed by atoms with Crippen molar-refractivity contribution in [3.8, 4) is 0 Å². The van der Waals surface area contributed by atoms with Gasteiger partial charge < -0.3 is 10.2 Å². The Morgan fingerprint density at radius 3 is 0.500 bits per heavy atom. The second-order valence-electron chi connectivity index (χ2n) is 15.0. The zero-order valence-corrected chi connectivity index (χ0v) is 33.0. The fraction of sp³-hybridized carbons (Fsp3) is 0.955. The minimum atomic E-state index is -0.651. The maximum atomic E-state index is 10.4. The Morgan fingerprint density at radius 1 is 0.260 bits per heavy atom. The van der Waals surface area contributed by atoms with Gasteiger partial charge in [0.15, 0.2) is 0 Å². The van der Waals surface area contributed by atoms with Crippen LogP contribution in [0.4, 0.5) is 0 Å². The molecule has 0 atom stereocenters. The molecule has 296 valence electrons. The number of aliphatic carboxylic acids is 2. The van der Waals surface area contributed by atoms with Crippen LogP contribution in [0.25, 0.3) is 0 Å². The van der Waals surface area contributed by atoms with Crippen LogP contribution in [-0.2, 0) is 9.59 Å². The first kappa shape index (κ1) is 58.2. The van der Waals surface area contributed by atoms with Crippen LogP contribution in [0.3, 0.4) is 0 Å². The number of carboxylic acid groups (broad SMARTS) is 2. The van der Waals surface area contributed by atoms with Gasteiger partial charge in [0.25, 0.3) is 0 Å². The molecule has 0 aliphatic rings. The van der Waals surface area contributed by atoms with Crippen molar-refractivity contribution in [2.24, 2.45) is 0 Å². The van der Waals surface area contributed by atoms with Crippen LogP contribution in [-0.4, -0.2) is 97.6 Å². The molecule has 0 heterocycles. The monoisotopic (exact) mass is 765 g/mol. The van der Waals surface area contributed by atoms with E-state index in [2.05, 4.69) is 13.8 Å². The summed E-state index contributed by atoms with van der Waals surface area (Å²) in [4.78, 5) is 20.8. The third-order valence-electron chi connectivity index (χ3n) is 9.99. The molecule has 0 aliphatic heterocycles. The van der Waals surface area contributed by atoms with Gasteiger partial charge in [-0.3, -0.25) is 9.59 Å². The van der Waals surface area contributed by atoms with Crippen molar-refractivity contribution in [2.45, 2.75) is 271 Å². The Labute approximate surface area is 374 Å². The van der Waals surface area contributed by atoms with Gasteiger partial charge >= 0.3 is 87.4 Å². The van der Waals surface area contributed by atoms with E-state index in [-0.39, 0.29) is 75.5 Å². The van der Waals surface area contributed by atoms with Gasteiger partial charge in [0.2, 0.25) is 0 Å². The van der Waals surface area contributed by atoms with E-state index >= 15 is 0 Å². The van der Waals surface area contributed by atoms with Crippen LogP contribution >= 0.6 is 0 Å². The fourth-order valence-electron chi connectivity index (χ4n) is 6.71. The summed E-state index contributed by atoms with van der Waals surface area (Å²) in [5, 5.41) is 17.1. The molecule has 4 nitrogen and oxygen atoms in total. The van der Waals surface area contributed by atoms with Gasteiger partial charge in [-0.25, -0.2) is 0 Å². The number of unbranched alkanes of at least 4 members (excludes halogenated alkanes) is 36. The van der Waals surface area contributed by atoms with E-state index in [1.54, 1.807) is 0 Å². The Hall–Kier alpha value is 1.46. The first-order valence-electron chi connectivity index (χ1n) is 22.0. The molecule has 0 aromatic carbocycles. The molecule has 0 aromatic heterocycles. The topological polar surface area (TPSA) is 74.6 Å². The molecule has 0 fully saturated rings. The molecule has 0 amide bonds. The first-order chi connectivity index (χ1) is 23.5. The molecular formula is C44H92Ca2O4. The standard InChI is InChI=1S/2C22H44O2.2Ca.4H/c2*1-2-3-4-5-6-7-8-9-10-11-12-13-14-15-16-17-18-19-20-21-22(23)24;;;;;;/h2*2-21H2,1H3,(H,23,24);;;;;;. The van der Waals surface area contributed by atoms with Crippen molar-refractivity contribution in [3.63, 3.8) is 0 Å². The maximum absolute atomic E-state index is 10.4. The van der Waals surface area contributed by atoms with Crippen LogP contribution in [0, 0.1) is 0 Å². The normalized spacial score (nSPS) is 10.6. The average Bonchev–Trinajstić information content (AvgIpc) is 3.07. The molecule has 0 aliphatic carbocycles. The Balaban J connectivity index is -0.000000407. The Kier molecular flexibility index (Phi) is 63.8. The van der Waals surface area contributed by atoms with E-state index in [9.17, 15) is 9.59 Å². The van der Waals surface area contributed by atoms with Crippen LogP contribution in [0.1, 0.15) is 271 Å². The van der Waals surface area contributed by atoms with E-state index in [1.807, 2.05) is 0 Å². The van der Waals surface area contributed by atoms with Crippen molar-refractivity contribution in [1.29, 1.82) is 0 Å².